The van der Waals surface area contributed by atoms with Crippen molar-refractivity contribution >= 4 is 102 Å². The van der Waals surface area contributed by atoms with Crippen LogP contribution in [0.1, 0.15) is 153 Å². The van der Waals surface area contributed by atoms with Crippen LogP contribution >= 0.6 is 22.7 Å². The van der Waals surface area contributed by atoms with Crippen LogP contribution in [0.15, 0.2) is 169 Å². The van der Waals surface area contributed by atoms with E-state index < -0.39 is 47.5 Å². The first kappa shape index (κ1) is 82.4. The predicted octanol–water partition coefficient (Wildman–Crippen LogP) is 17.9. The lowest BCUT2D eigenvalue weighted by Gasteiger charge is -2.26. The van der Waals surface area contributed by atoms with Crippen molar-refractivity contribution in [2.24, 2.45) is 33.9 Å². The van der Waals surface area contributed by atoms with Crippen LogP contribution in [0.5, 0.6) is 34.5 Å². The fourth-order valence-corrected chi connectivity index (χ4v) is 14.4. The van der Waals surface area contributed by atoms with Gasteiger partial charge in [-0.2, -0.15) is 10.2 Å². The summed E-state index contributed by atoms with van der Waals surface area (Å²) in [4.78, 5) is 88.6. The number of ether oxygens (including phenoxy) is 10. The van der Waals surface area contributed by atoms with Crippen molar-refractivity contribution < 1.29 is 76.1 Å². The second kappa shape index (κ2) is 44.5. The molecule has 22 nitrogen and oxygen atoms in total. The van der Waals surface area contributed by atoms with Crippen LogP contribution in [0.25, 0.3) is 31.6 Å². The van der Waals surface area contributed by atoms with Gasteiger partial charge in [-0.1, -0.05) is 98.9 Å². The smallest absolute Gasteiger partial charge is 0.330 e. The zero-order chi connectivity index (χ0) is 77.1. The maximum absolute atomic E-state index is 14.5. The number of unbranched alkanes of at least 4 members (excludes halogenated alkanes) is 8. The molecular weight excluding hydrogens is 1440 g/mol. The third-order valence-electron chi connectivity index (χ3n) is 18.9. The van der Waals surface area contributed by atoms with Crippen molar-refractivity contribution in [2.45, 2.75) is 142 Å². The van der Waals surface area contributed by atoms with E-state index in [1.807, 2.05) is 72.8 Å². The number of hydrogen-bond acceptors (Lipinski definition) is 24. The molecule has 2 aliphatic rings. The highest BCUT2D eigenvalue weighted by atomic mass is 32.1. The number of aromatic nitrogens is 2. The van der Waals surface area contributed by atoms with Crippen LogP contribution in [-0.2, 0) is 47.7 Å². The number of para-hydroxylation sites is 2. The fraction of sp³-hybridized carbons (Fsp3) is 0.419. The Balaban J connectivity index is 0.850. The molecule has 0 radical (unpaired) electrons. The van der Waals surface area contributed by atoms with Gasteiger partial charge >= 0.3 is 35.8 Å². The zero-order valence-electron chi connectivity index (χ0n) is 63.0. The van der Waals surface area contributed by atoms with E-state index >= 15 is 0 Å². The van der Waals surface area contributed by atoms with E-state index in [4.69, 9.17) is 67.5 Å². The fourth-order valence-electron chi connectivity index (χ4n) is 12.5. The Kier molecular flexibility index (Phi) is 33.3. The molecule has 0 atom stereocenters. The van der Waals surface area contributed by atoms with Crippen molar-refractivity contribution in [1.82, 2.24) is 9.97 Å². The number of fused-ring (bicyclic) bond motifs is 2. The Morgan fingerprint density at radius 3 is 1.14 bits per heavy atom. The van der Waals surface area contributed by atoms with Gasteiger partial charge in [0, 0.05) is 36.5 Å². The van der Waals surface area contributed by atoms with Crippen molar-refractivity contribution in [3.8, 4) is 45.6 Å². The maximum Gasteiger partial charge on any atom is 0.330 e. The highest BCUT2D eigenvalue weighted by molar-refractivity contribution is 7.22. The molecule has 6 aromatic carbocycles. The van der Waals surface area contributed by atoms with Crippen molar-refractivity contribution in [3.05, 3.63) is 170 Å². The first-order valence-corrected chi connectivity index (χ1v) is 40.2. The van der Waals surface area contributed by atoms with Gasteiger partial charge in [0.25, 0.3) is 0 Å². The summed E-state index contributed by atoms with van der Waals surface area (Å²) in [6.45, 7) is 15.5. The molecule has 0 spiro atoms. The SMILES string of the molecule is C=CC(=O)OCCCCCCOc1ccc(OC(=O)C2CCC(C(=O)Oc3ccc(-c4ccc(OC(=O)C5CCC(C(=O)Oc6ccc(OCCCCCCOC(=O)C=C)cc6)CC5)c(/C=N/N(CCOCCCC)c5nc6ccccc6s5)c4)cc3/C=N/N(CCOCCCC)c3nc4ccccc4s3)CC2)cc1. The van der Waals surface area contributed by atoms with Crippen LogP contribution < -0.4 is 38.4 Å². The van der Waals surface area contributed by atoms with Gasteiger partial charge in [0.05, 0.1) is 109 Å². The number of hydrogen-bond donors (Lipinski definition) is 0. The first-order chi connectivity index (χ1) is 53.8. The molecule has 110 heavy (non-hydrogen) atoms. The number of anilines is 2. The Hall–Kier alpha value is -10.1. The number of carbonyl (C=O) groups excluding carboxylic acids is 6. The Bertz CT molecular complexity index is 4010. The second-order valence-corrected chi connectivity index (χ2v) is 29.1. The standard InChI is InChI=1S/C86H100N6O16S2/c1-5-9-49-99-55-47-91(85-89-73-23-15-17-25-77(73)109-85)87-59-67-57-65(35-45-75(67)107-83(97)63-31-27-61(28-32-63)81(95)105-71-41-37-69(38-42-71)101-51-19-11-13-21-53-103-79(93)7-3)66-36-46-76(68(58-66)60-88-92(48-56-100-50-10-6-2)86-90-74-24-16-18-26-78(74)110-86)108-84(98)64-33-29-62(30-34-64)82(96)106-72-43-39-70(40-44-72)102-52-20-12-14-22-54-104-80(94)8-4/h7-8,15-18,23-26,35-46,57-64H,3-6,9-14,19-22,27-34,47-56H2,1-2H3/b87-59+,88-60+. The van der Waals surface area contributed by atoms with E-state index in [-0.39, 0.29) is 23.4 Å². The molecule has 0 aliphatic heterocycles. The molecule has 8 aromatic rings. The minimum Gasteiger partial charge on any atom is -0.494 e. The largest absolute Gasteiger partial charge is 0.494 e. The average Bonchev–Trinajstić information content (AvgIpc) is 0.893. The molecule has 0 bridgehead atoms. The highest BCUT2D eigenvalue weighted by Crippen LogP contribution is 2.38. The summed E-state index contributed by atoms with van der Waals surface area (Å²) in [6, 6.07) is 40.8. The lowest BCUT2D eigenvalue weighted by molar-refractivity contribution is -0.145. The van der Waals surface area contributed by atoms with Crippen LogP contribution in [0.3, 0.4) is 0 Å². The quantitative estimate of drug-likeness (QED) is 0.00858. The third-order valence-corrected chi connectivity index (χ3v) is 21.0. The summed E-state index contributed by atoms with van der Waals surface area (Å²) in [6.07, 6.45) is 19.7. The zero-order valence-corrected chi connectivity index (χ0v) is 64.6. The van der Waals surface area contributed by atoms with Gasteiger partial charge in [-0.25, -0.2) is 29.6 Å². The van der Waals surface area contributed by atoms with Crippen LogP contribution in [0.4, 0.5) is 10.3 Å². The van der Waals surface area contributed by atoms with Gasteiger partial charge in [0.2, 0.25) is 10.3 Å². The van der Waals surface area contributed by atoms with Gasteiger partial charge < -0.3 is 47.4 Å². The van der Waals surface area contributed by atoms with Gasteiger partial charge in [-0.05, 0) is 224 Å². The van der Waals surface area contributed by atoms with Crippen molar-refractivity contribution in [3.63, 3.8) is 0 Å². The number of esters is 6. The van der Waals surface area contributed by atoms with Crippen molar-refractivity contribution in [1.29, 1.82) is 0 Å². The molecule has 10 rings (SSSR count). The number of benzene rings is 6. The molecule has 0 saturated heterocycles. The number of rotatable bonds is 45. The van der Waals surface area contributed by atoms with E-state index in [9.17, 15) is 28.8 Å². The molecule has 0 amide bonds. The predicted molar refractivity (Wildman–Crippen MR) is 429 cm³/mol. The molecular formula is C86H100N6O16S2. The van der Waals surface area contributed by atoms with E-state index in [0.29, 0.717) is 162 Å². The normalized spacial score (nSPS) is 15.6. The number of nitrogens with zero attached hydrogens (tertiary/aromatic N) is 6. The molecule has 2 fully saturated rings. The van der Waals surface area contributed by atoms with Crippen LogP contribution in [-0.4, -0.2) is 124 Å². The topological polar surface area (TPSA) is 252 Å². The number of carbonyl (C=O) groups is 6. The van der Waals surface area contributed by atoms with E-state index in [1.54, 1.807) is 83.1 Å². The van der Waals surface area contributed by atoms with Gasteiger partial charge in [0.1, 0.15) is 34.5 Å². The number of thiazole rings is 2. The maximum atomic E-state index is 14.5. The minimum absolute atomic E-state index is 0.272. The summed E-state index contributed by atoms with van der Waals surface area (Å²) in [7, 11) is 0. The van der Waals surface area contributed by atoms with E-state index in [1.165, 1.54) is 22.7 Å². The Morgan fingerprint density at radius 2 is 0.773 bits per heavy atom. The van der Waals surface area contributed by atoms with Gasteiger partial charge in [-0.3, -0.25) is 19.2 Å². The summed E-state index contributed by atoms with van der Waals surface area (Å²) >= 11 is 3.01. The Morgan fingerprint density at radius 1 is 0.418 bits per heavy atom. The van der Waals surface area contributed by atoms with E-state index in [2.05, 4.69) is 27.0 Å². The summed E-state index contributed by atoms with van der Waals surface area (Å²) in [5.74, 6) is -1.58. The molecule has 2 aromatic heterocycles. The van der Waals surface area contributed by atoms with Crippen molar-refractivity contribution in [2.75, 3.05) is 76.0 Å². The minimum atomic E-state index is -0.498. The van der Waals surface area contributed by atoms with Crippen LogP contribution in [0.2, 0.25) is 0 Å². The molecule has 582 valence electrons. The third kappa shape index (κ3) is 26.0. The summed E-state index contributed by atoms with van der Waals surface area (Å²) < 4.78 is 60.5. The monoisotopic (exact) mass is 1540 g/mol. The van der Waals surface area contributed by atoms with Gasteiger partial charge in [0.15, 0.2) is 0 Å². The van der Waals surface area contributed by atoms with Crippen LogP contribution in [0, 0.1) is 23.7 Å². The second-order valence-electron chi connectivity index (χ2n) is 27.1. The summed E-state index contributed by atoms with van der Waals surface area (Å²) in [5.41, 5.74) is 4.08. The first-order valence-electron chi connectivity index (χ1n) is 38.5. The number of hydrazone groups is 2. The lowest BCUT2D eigenvalue weighted by Crippen LogP contribution is -2.30. The summed E-state index contributed by atoms with van der Waals surface area (Å²) in [5, 5.41) is 15.1. The molecule has 24 heteroatoms. The lowest BCUT2D eigenvalue weighted by atomic mass is 9.82. The average molecular weight is 1540 g/mol. The highest BCUT2D eigenvalue weighted by Gasteiger charge is 2.35. The molecule has 0 unspecified atom stereocenters. The molecule has 0 N–H and O–H groups in total. The Labute approximate surface area is 651 Å². The molecule has 2 saturated carbocycles. The molecule has 2 heterocycles. The molecule has 2 aliphatic carbocycles. The van der Waals surface area contributed by atoms with Gasteiger partial charge in [-0.15, -0.1) is 0 Å². The van der Waals surface area contributed by atoms with E-state index in [0.717, 1.165) is 121 Å².